The Bertz CT molecular complexity index is 1000. The maximum absolute atomic E-state index is 5.60. The van der Waals surface area contributed by atoms with Crippen molar-refractivity contribution in [2.45, 2.75) is 0 Å². The van der Waals surface area contributed by atoms with Crippen LogP contribution in [0.2, 0.25) is 0 Å². The Morgan fingerprint density at radius 3 is 1.31 bits per heavy atom. The highest BCUT2D eigenvalue weighted by molar-refractivity contribution is 7.55. The van der Waals surface area contributed by atoms with Gasteiger partial charge in [-0.1, -0.05) is 81.4 Å². The van der Waals surface area contributed by atoms with E-state index in [2.05, 4.69) is 84.9 Å². The van der Waals surface area contributed by atoms with E-state index in [0.717, 1.165) is 33.8 Å². The predicted molar refractivity (Wildman–Crippen MR) is 124 cm³/mol. The Balaban J connectivity index is 1.70. The van der Waals surface area contributed by atoms with E-state index in [9.17, 15) is 0 Å². The van der Waals surface area contributed by atoms with Crippen molar-refractivity contribution in [3.8, 4) is 33.8 Å². The standard InChI is InChI=1S/C26H23O2P/c1-27-25-15-13-21(17-23(25)19-9-5-3-6-10-19)29-22-14-16-26(28-2)24(18-22)20-11-7-4-8-12-20/h3-18,29H,1-2H3. The molecular weight excluding hydrogens is 375 g/mol. The molecule has 0 aliphatic carbocycles. The molecule has 0 atom stereocenters. The Labute approximate surface area is 173 Å². The summed E-state index contributed by atoms with van der Waals surface area (Å²) < 4.78 is 11.2. The van der Waals surface area contributed by atoms with Crippen LogP contribution in [0.4, 0.5) is 0 Å². The van der Waals surface area contributed by atoms with Crippen molar-refractivity contribution >= 4 is 19.2 Å². The van der Waals surface area contributed by atoms with Crippen molar-refractivity contribution < 1.29 is 9.47 Å². The number of methoxy groups -OCH3 is 2. The van der Waals surface area contributed by atoms with Gasteiger partial charge in [-0.15, -0.1) is 0 Å². The van der Waals surface area contributed by atoms with Crippen LogP contribution in [0.25, 0.3) is 22.3 Å². The number of ether oxygens (including phenoxy) is 2. The minimum atomic E-state index is 0.544. The van der Waals surface area contributed by atoms with Gasteiger partial charge in [-0.3, -0.25) is 0 Å². The van der Waals surface area contributed by atoms with Crippen LogP contribution in [0.3, 0.4) is 0 Å². The first kappa shape index (κ1) is 19.2. The molecule has 0 saturated heterocycles. The molecule has 0 saturated carbocycles. The summed E-state index contributed by atoms with van der Waals surface area (Å²) in [6.45, 7) is 0. The molecule has 0 aliphatic rings. The molecule has 0 bridgehead atoms. The summed E-state index contributed by atoms with van der Waals surface area (Å²) >= 11 is 0. The van der Waals surface area contributed by atoms with E-state index in [1.54, 1.807) is 14.2 Å². The molecular formula is C26H23O2P. The highest BCUT2D eigenvalue weighted by atomic mass is 31.1. The third-order valence-corrected chi connectivity index (χ3v) is 6.06. The van der Waals surface area contributed by atoms with Crippen molar-refractivity contribution in [3.05, 3.63) is 97.1 Å². The molecule has 2 nitrogen and oxygen atoms in total. The zero-order valence-corrected chi connectivity index (χ0v) is 17.6. The molecule has 0 heterocycles. The quantitative estimate of drug-likeness (QED) is 0.390. The smallest absolute Gasteiger partial charge is 0.126 e. The average Bonchev–Trinajstić information content (AvgIpc) is 2.80. The van der Waals surface area contributed by atoms with E-state index >= 15 is 0 Å². The summed E-state index contributed by atoms with van der Waals surface area (Å²) in [5.41, 5.74) is 4.57. The summed E-state index contributed by atoms with van der Waals surface area (Å²) in [4.78, 5) is 0. The molecule has 0 N–H and O–H groups in total. The molecule has 29 heavy (non-hydrogen) atoms. The van der Waals surface area contributed by atoms with Crippen LogP contribution in [0.15, 0.2) is 97.1 Å². The Hall–Kier alpha value is -3.09. The summed E-state index contributed by atoms with van der Waals surface area (Å²) in [7, 11) is 3.99. The summed E-state index contributed by atoms with van der Waals surface area (Å²) in [5, 5.41) is 2.54. The first-order chi connectivity index (χ1) is 14.3. The van der Waals surface area contributed by atoms with Gasteiger partial charge in [0.2, 0.25) is 0 Å². The minimum Gasteiger partial charge on any atom is -0.496 e. The largest absolute Gasteiger partial charge is 0.496 e. The number of rotatable bonds is 6. The molecule has 0 aromatic heterocycles. The van der Waals surface area contributed by atoms with E-state index in [1.165, 1.54) is 10.6 Å². The average molecular weight is 398 g/mol. The van der Waals surface area contributed by atoms with Gasteiger partial charge in [0.05, 0.1) is 14.2 Å². The van der Waals surface area contributed by atoms with Crippen molar-refractivity contribution in [1.82, 2.24) is 0 Å². The second kappa shape index (κ2) is 8.94. The van der Waals surface area contributed by atoms with Crippen LogP contribution in [0.5, 0.6) is 11.5 Å². The summed E-state index contributed by atoms with van der Waals surface area (Å²) in [6.07, 6.45) is 0. The van der Waals surface area contributed by atoms with Crippen molar-refractivity contribution in [2.24, 2.45) is 0 Å². The van der Waals surface area contributed by atoms with Gasteiger partial charge in [-0.25, -0.2) is 0 Å². The topological polar surface area (TPSA) is 18.5 Å². The Morgan fingerprint density at radius 1 is 0.517 bits per heavy atom. The van der Waals surface area contributed by atoms with Crippen LogP contribution < -0.4 is 20.1 Å². The molecule has 3 heteroatoms. The van der Waals surface area contributed by atoms with Crippen molar-refractivity contribution in [1.29, 1.82) is 0 Å². The van der Waals surface area contributed by atoms with Crippen LogP contribution >= 0.6 is 8.58 Å². The maximum atomic E-state index is 5.60. The van der Waals surface area contributed by atoms with E-state index in [1.807, 2.05) is 12.1 Å². The normalized spacial score (nSPS) is 10.6. The summed E-state index contributed by atoms with van der Waals surface area (Å²) in [5.74, 6) is 1.79. The third-order valence-electron chi connectivity index (χ3n) is 4.86. The number of hydrogen-bond donors (Lipinski definition) is 0. The van der Waals surface area contributed by atoms with Gasteiger partial charge >= 0.3 is 0 Å². The molecule has 0 unspecified atom stereocenters. The van der Waals surface area contributed by atoms with Crippen LogP contribution in [0, 0.1) is 0 Å². The van der Waals surface area contributed by atoms with Crippen molar-refractivity contribution in [3.63, 3.8) is 0 Å². The van der Waals surface area contributed by atoms with E-state index in [-0.39, 0.29) is 0 Å². The number of benzene rings is 4. The SMILES string of the molecule is COc1ccc(Pc2ccc(OC)c(-c3ccccc3)c2)cc1-c1ccccc1. The van der Waals surface area contributed by atoms with Gasteiger partial charge in [-0.05, 0) is 46.0 Å². The second-order valence-electron chi connectivity index (χ2n) is 6.69. The molecule has 4 aromatic carbocycles. The number of hydrogen-bond acceptors (Lipinski definition) is 2. The lowest BCUT2D eigenvalue weighted by Gasteiger charge is -2.13. The van der Waals surface area contributed by atoms with E-state index in [4.69, 9.17) is 9.47 Å². The highest BCUT2D eigenvalue weighted by Crippen LogP contribution is 2.32. The molecule has 0 aliphatic heterocycles. The van der Waals surface area contributed by atoms with Gasteiger partial charge in [0.15, 0.2) is 0 Å². The minimum absolute atomic E-state index is 0.544. The van der Waals surface area contributed by atoms with Crippen LogP contribution in [-0.2, 0) is 0 Å². The fourth-order valence-electron chi connectivity index (χ4n) is 3.42. The fourth-order valence-corrected chi connectivity index (χ4v) is 4.52. The third kappa shape index (κ3) is 4.34. The van der Waals surface area contributed by atoms with Gasteiger partial charge < -0.3 is 9.47 Å². The maximum Gasteiger partial charge on any atom is 0.126 e. The molecule has 4 aromatic rings. The van der Waals surface area contributed by atoms with Crippen LogP contribution in [-0.4, -0.2) is 14.2 Å². The molecule has 4 rings (SSSR count). The molecule has 0 fully saturated rings. The Morgan fingerprint density at radius 2 is 0.931 bits per heavy atom. The summed E-state index contributed by atoms with van der Waals surface area (Å²) in [6, 6.07) is 33.6. The van der Waals surface area contributed by atoms with Gasteiger partial charge in [0.25, 0.3) is 0 Å². The lowest BCUT2D eigenvalue weighted by molar-refractivity contribution is 0.416. The predicted octanol–water partition coefficient (Wildman–Crippen LogP) is 5.67. The van der Waals surface area contributed by atoms with Gasteiger partial charge in [-0.2, -0.15) is 0 Å². The lowest BCUT2D eigenvalue weighted by Crippen LogP contribution is -2.05. The molecule has 0 spiro atoms. The van der Waals surface area contributed by atoms with Gasteiger partial charge in [0, 0.05) is 11.1 Å². The zero-order chi connectivity index (χ0) is 20.1. The Kier molecular flexibility index (Phi) is 5.93. The second-order valence-corrected chi connectivity index (χ2v) is 8.09. The molecule has 144 valence electrons. The van der Waals surface area contributed by atoms with Crippen molar-refractivity contribution in [2.75, 3.05) is 14.2 Å². The highest BCUT2D eigenvalue weighted by Gasteiger charge is 2.10. The van der Waals surface area contributed by atoms with E-state index in [0.29, 0.717) is 8.58 Å². The fraction of sp³-hybridized carbons (Fsp3) is 0.0769. The first-order valence-electron chi connectivity index (χ1n) is 9.52. The van der Waals surface area contributed by atoms with E-state index < -0.39 is 0 Å². The first-order valence-corrected chi connectivity index (χ1v) is 10.5. The monoisotopic (exact) mass is 398 g/mol. The lowest BCUT2D eigenvalue weighted by atomic mass is 10.0. The molecule has 0 amide bonds. The van der Waals surface area contributed by atoms with Crippen LogP contribution in [0.1, 0.15) is 0 Å². The molecule has 0 radical (unpaired) electrons. The zero-order valence-electron chi connectivity index (χ0n) is 16.6. The van der Waals surface area contributed by atoms with Gasteiger partial charge in [0.1, 0.15) is 11.5 Å².